The van der Waals surface area contributed by atoms with Crippen molar-refractivity contribution in [2.24, 2.45) is 10.5 Å². The fraction of sp³-hybridized carbons (Fsp3) is 0.400. The first-order valence-corrected chi connectivity index (χ1v) is 10.8. The number of alkyl halides is 3. The van der Waals surface area contributed by atoms with E-state index in [4.69, 9.17) is 9.84 Å². The molecule has 0 saturated carbocycles. The zero-order valence-electron chi connectivity index (χ0n) is 19.4. The number of hydrogen-bond acceptors (Lipinski definition) is 4. The number of aryl methyl sites for hydroxylation is 1. The van der Waals surface area contributed by atoms with Crippen LogP contribution >= 0.6 is 0 Å². The maximum Gasteiger partial charge on any atom is 0.416 e. The molecule has 0 saturated heterocycles. The van der Waals surface area contributed by atoms with Gasteiger partial charge in [0, 0.05) is 0 Å². The normalized spacial score (nSPS) is 15.9. The van der Waals surface area contributed by atoms with E-state index >= 15 is 0 Å². The number of halogens is 3. The van der Waals surface area contributed by atoms with Crippen molar-refractivity contribution in [2.75, 3.05) is 5.01 Å². The van der Waals surface area contributed by atoms with Crippen molar-refractivity contribution in [1.29, 1.82) is 0 Å². The third kappa shape index (κ3) is 5.40. The van der Waals surface area contributed by atoms with Gasteiger partial charge >= 0.3 is 12.1 Å². The number of nitrogens with zero attached hydrogens (tertiary/aromatic N) is 2. The largest absolute Gasteiger partial charge is 0.478 e. The zero-order valence-corrected chi connectivity index (χ0v) is 19.4. The molecule has 0 aliphatic carbocycles. The molecule has 0 spiro atoms. The van der Waals surface area contributed by atoms with E-state index < -0.39 is 28.7 Å². The van der Waals surface area contributed by atoms with Crippen LogP contribution in [0, 0.1) is 5.41 Å². The van der Waals surface area contributed by atoms with Crippen LogP contribution < -0.4 is 9.75 Å². The highest BCUT2D eigenvalue weighted by molar-refractivity contribution is 6.18. The summed E-state index contributed by atoms with van der Waals surface area (Å²) in [7, 11) is 0. The van der Waals surface area contributed by atoms with Gasteiger partial charge in [-0.2, -0.15) is 18.3 Å². The number of anilines is 1. The van der Waals surface area contributed by atoms with Gasteiger partial charge in [0.05, 0.1) is 22.4 Å². The smallest absolute Gasteiger partial charge is 0.416 e. The first-order chi connectivity index (χ1) is 15.7. The molecule has 2 aromatic carbocycles. The predicted octanol–water partition coefficient (Wildman–Crippen LogP) is 5.70. The number of carboxylic acids is 1. The van der Waals surface area contributed by atoms with Crippen LogP contribution in [0.4, 0.5) is 18.9 Å². The van der Waals surface area contributed by atoms with Crippen molar-refractivity contribution in [3.63, 3.8) is 0 Å². The van der Waals surface area contributed by atoms with Crippen LogP contribution in [0.5, 0.6) is 5.75 Å². The first kappa shape index (κ1) is 25.3. The van der Waals surface area contributed by atoms with E-state index in [9.17, 15) is 22.8 Å². The van der Waals surface area contributed by atoms with Gasteiger partial charge in [0.2, 0.25) is 0 Å². The van der Waals surface area contributed by atoms with Gasteiger partial charge in [-0.25, -0.2) is 9.80 Å². The van der Waals surface area contributed by atoms with Gasteiger partial charge in [-0.3, -0.25) is 4.79 Å². The third-order valence-electron chi connectivity index (χ3n) is 5.80. The van der Waals surface area contributed by atoms with Crippen LogP contribution in [0.1, 0.15) is 51.7 Å². The Balaban J connectivity index is 1.64. The Bertz CT molecular complexity index is 1090. The van der Waals surface area contributed by atoms with Crippen molar-refractivity contribution in [3.8, 4) is 5.75 Å². The fourth-order valence-corrected chi connectivity index (χ4v) is 3.53. The molecule has 3 rings (SSSR count). The van der Waals surface area contributed by atoms with Gasteiger partial charge in [0.25, 0.3) is 5.91 Å². The number of carbonyl (C=O) groups excluding carboxylic acids is 1. The van der Waals surface area contributed by atoms with Crippen LogP contribution in [-0.4, -0.2) is 28.3 Å². The first-order valence-electron chi connectivity index (χ1n) is 10.8. The predicted molar refractivity (Wildman–Crippen MR) is 122 cm³/mol. The van der Waals surface area contributed by atoms with Gasteiger partial charge in [-0.05, 0) is 88.9 Å². The number of carboxylic acid groups (broad SMARTS) is 1. The summed E-state index contributed by atoms with van der Waals surface area (Å²) < 4.78 is 44.0. The standard InChI is InChI=1S/C25H27F3N2O4/c1-23(2)20(29-30(21(23)31)18-12-10-17(11-13-18)25(26,27)28)7-5-6-16-8-14-19(15-9-16)34-24(3,4)22(32)33/h8-15H,5-7H2,1-4H3,(H,32,33). The van der Waals surface area contributed by atoms with E-state index in [0.29, 0.717) is 36.4 Å². The number of aliphatic carboxylic acids is 1. The SMILES string of the molecule is CC(C)(Oc1ccc(CCCC2=NN(c3ccc(C(F)(F)F)cc3)C(=O)C2(C)C)cc1)C(=O)O. The Morgan fingerprint density at radius 2 is 1.62 bits per heavy atom. The minimum Gasteiger partial charge on any atom is -0.478 e. The lowest BCUT2D eigenvalue weighted by atomic mass is 9.84. The number of hydrazone groups is 1. The average Bonchev–Trinajstić information content (AvgIpc) is 2.97. The quantitative estimate of drug-likeness (QED) is 0.530. The summed E-state index contributed by atoms with van der Waals surface area (Å²) in [6.45, 7) is 6.47. The Morgan fingerprint density at radius 1 is 1.03 bits per heavy atom. The monoisotopic (exact) mass is 476 g/mol. The molecule has 0 atom stereocenters. The topological polar surface area (TPSA) is 79.2 Å². The van der Waals surface area contributed by atoms with E-state index in [0.717, 1.165) is 17.7 Å². The van der Waals surface area contributed by atoms with Crippen LogP contribution in [0.15, 0.2) is 53.6 Å². The molecule has 0 radical (unpaired) electrons. The minimum atomic E-state index is -4.45. The molecule has 1 N–H and O–H groups in total. The molecule has 0 aromatic heterocycles. The summed E-state index contributed by atoms with van der Waals surface area (Å²) in [5, 5.41) is 14.8. The Morgan fingerprint density at radius 3 is 2.15 bits per heavy atom. The maximum atomic E-state index is 12.9. The number of ether oxygens (including phenoxy) is 1. The van der Waals surface area contributed by atoms with E-state index in [1.807, 2.05) is 12.1 Å². The van der Waals surface area contributed by atoms with Crippen molar-refractivity contribution in [2.45, 2.75) is 58.7 Å². The molecule has 2 aromatic rings. The van der Waals surface area contributed by atoms with Crippen molar-refractivity contribution >= 4 is 23.3 Å². The molecule has 1 aliphatic rings. The second kappa shape index (κ2) is 9.12. The molecule has 0 bridgehead atoms. The summed E-state index contributed by atoms with van der Waals surface area (Å²) in [4.78, 5) is 24.1. The number of carbonyl (C=O) groups is 2. The average molecular weight is 476 g/mol. The summed E-state index contributed by atoms with van der Waals surface area (Å²) in [6, 6.07) is 11.5. The van der Waals surface area contributed by atoms with E-state index in [1.54, 1.807) is 26.0 Å². The molecule has 1 aliphatic heterocycles. The molecule has 182 valence electrons. The Kier molecular flexibility index (Phi) is 6.78. The second-order valence-corrected chi connectivity index (χ2v) is 9.25. The van der Waals surface area contributed by atoms with Gasteiger partial charge in [0.15, 0.2) is 5.60 Å². The molecular weight excluding hydrogens is 449 g/mol. The maximum absolute atomic E-state index is 12.9. The third-order valence-corrected chi connectivity index (χ3v) is 5.80. The Hall–Kier alpha value is -3.36. The molecule has 34 heavy (non-hydrogen) atoms. The van der Waals surface area contributed by atoms with Gasteiger partial charge in [0.1, 0.15) is 5.75 Å². The van der Waals surface area contributed by atoms with Gasteiger partial charge in [-0.15, -0.1) is 0 Å². The number of amides is 1. The Labute approximate surface area is 196 Å². The minimum absolute atomic E-state index is 0.287. The molecule has 6 nitrogen and oxygen atoms in total. The molecule has 1 amide bonds. The van der Waals surface area contributed by atoms with Gasteiger partial charge < -0.3 is 9.84 Å². The molecule has 0 fully saturated rings. The van der Waals surface area contributed by atoms with Crippen LogP contribution in [0.2, 0.25) is 0 Å². The van der Waals surface area contributed by atoms with E-state index in [-0.39, 0.29) is 5.91 Å². The highest BCUT2D eigenvalue weighted by Gasteiger charge is 2.43. The summed E-state index contributed by atoms with van der Waals surface area (Å²) in [5.41, 5.74) is -0.999. The van der Waals surface area contributed by atoms with Crippen molar-refractivity contribution in [3.05, 3.63) is 59.7 Å². The van der Waals surface area contributed by atoms with E-state index in [2.05, 4.69) is 5.10 Å². The lowest BCUT2D eigenvalue weighted by Gasteiger charge is -2.21. The lowest BCUT2D eigenvalue weighted by Crippen LogP contribution is -2.37. The molecule has 9 heteroatoms. The summed E-state index contributed by atoms with van der Waals surface area (Å²) in [5.74, 6) is -0.892. The van der Waals surface area contributed by atoms with Crippen molar-refractivity contribution in [1.82, 2.24) is 0 Å². The van der Waals surface area contributed by atoms with Gasteiger partial charge in [-0.1, -0.05) is 12.1 Å². The highest BCUT2D eigenvalue weighted by Crippen LogP contribution is 2.36. The number of benzene rings is 2. The molecule has 0 unspecified atom stereocenters. The van der Waals surface area contributed by atoms with Crippen molar-refractivity contribution < 1.29 is 32.6 Å². The summed E-state index contributed by atoms with van der Waals surface area (Å²) >= 11 is 0. The summed E-state index contributed by atoms with van der Waals surface area (Å²) in [6.07, 6.45) is -2.50. The molecular formula is C25H27F3N2O4. The second-order valence-electron chi connectivity index (χ2n) is 9.25. The number of hydrogen-bond donors (Lipinski definition) is 1. The van der Waals surface area contributed by atoms with E-state index in [1.165, 1.54) is 31.0 Å². The van der Waals surface area contributed by atoms with Crippen LogP contribution in [0.25, 0.3) is 0 Å². The molecule has 1 heterocycles. The highest BCUT2D eigenvalue weighted by atomic mass is 19.4. The fourth-order valence-electron chi connectivity index (χ4n) is 3.53. The van der Waals surface area contributed by atoms with Crippen LogP contribution in [0.3, 0.4) is 0 Å². The van der Waals surface area contributed by atoms with Crippen LogP contribution in [-0.2, 0) is 22.2 Å². The lowest BCUT2D eigenvalue weighted by molar-refractivity contribution is -0.152. The number of rotatable bonds is 8. The zero-order chi connectivity index (χ0) is 25.3.